The van der Waals surface area contributed by atoms with Gasteiger partial charge in [-0.1, -0.05) is 6.07 Å². The van der Waals surface area contributed by atoms with Crippen molar-refractivity contribution in [2.75, 3.05) is 6.61 Å². The number of hydrogen-bond donors (Lipinski definition) is 0. The monoisotopic (exact) mass is 216 g/mol. The predicted molar refractivity (Wildman–Crippen MR) is 56.8 cm³/mol. The fraction of sp³-hybridized carbons (Fsp3) is 0.167. The molecule has 0 N–H and O–H groups in total. The van der Waals surface area contributed by atoms with Gasteiger partial charge >= 0.3 is 0 Å². The van der Waals surface area contributed by atoms with E-state index in [1.54, 1.807) is 25.1 Å². The second kappa shape index (κ2) is 5.53. The minimum absolute atomic E-state index is 0.0661. The SMILES string of the molecule is CCOc1ccc(C=C(C#N)C#N)cc1F. The molecule has 0 unspecified atom stereocenters. The minimum Gasteiger partial charge on any atom is -0.491 e. The van der Waals surface area contributed by atoms with Crippen LogP contribution in [0.5, 0.6) is 5.75 Å². The first-order valence-electron chi connectivity index (χ1n) is 4.65. The Balaban J connectivity index is 3.04. The van der Waals surface area contributed by atoms with Crippen molar-refractivity contribution in [3.05, 3.63) is 35.2 Å². The van der Waals surface area contributed by atoms with Crippen molar-refractivity contribution in [2.24, 2.45) is 0 Å². The zero-order chi connectivity index (χ0) is 12.0. The fourth-order valence-electron chi connectivity index (χ4n) is 1.14. The average molecular weight is 216 g/mol. The largest absolute Gasteiger partial charge is 0.491 e. The summed E-state index contributed by atoms with van der Waals surface area (Å²) in [4.78, 5) is 0. The van der Waals surface area contributed by atoms with E-state index in [-0.39, 0.29) is 11.3 Å². The third-order valence-corrected chi connectivity index (χ3v) is 1.81. The van der Waals surface area contributed by atoms with Gasteiger partial charge in [0.05, 0.1) is 6.61 Å². The predicted octanol–water partition coefficient (Wildman–Crippen LogP) is 2.65. The van der Waals surface area contributed by atoms with Crippen molar-refractivity contribution in [3.8, 4) is 17.9 Å². The Morgan fingerprint density at radius 3 is 2.62 bits per heavy atom. The van der Waals surface area contributed by atoms with E-state index < -0.39 is 5.82 Å². The summed E-state index contributed by atoms with van der Waals surface area (Å²) in [5, 5.41) is 17.1. The van der Waals surface area contributed by atoms with Crippen LogP contribution in [-0.4, -0.2) is 6.61 Å². The van der Waals surface area contributed by atoms with Gasteiger partial charge in [-0.15, -0.1) is 0 Å². The minimum atomic E-state index is -0.508. The number of nitrogens with zero attached hydrogens (tertiary/aromatic N) is 2. The van der Waals surface area contributed by atoms with Crippen LogP contribution in [0.2, 0.25) is 0 Å². The highest BCUT2D eigenvalue weighted by molar-refractivity contribution is 5.62. The summed E-state index contributed by atoms with van der Waals surface area (Å²) < 4.78 is 18.4. The normalized spacial score (nSPS) is 8.75. The summed E-state index contributed by atoms with van der Waals surface area (Å²) in [6.07, 6.45) is 1.32. The van der Waals surface area contributed by atoms with Gasteiger partial charge in [0.2, 0.25) is 0 Å². The molecule has 0 aliphatic carbocycles. The van der Waals surface area contributed by atoms with E-state index in [1.807, 2.05) is 0 Å². The summed E-state index contributed by atoms with van der Waals surface area (Å²) in [5.41, 5.74) is 0.391. The topological polar surface area (TPSA) is 56.8 Å². The summed E-state index contributed by atoms with van der Waals surface area (Å²) in [5.74, 6) is -0.346. The van der Waals surface area contributed by atoms with Crippen LogP contribution in [0, 0.1) is 28.5 Å². The maximum Gasteiger partial charge on any atom is 0.165 e. The van der Waals surface area contributed by atoms with Crippen LogP contribution in [0.15, 0.2) is 23.8 Å². The van der Waals surface area contributed by atoms with Crippen LogP contribution in [-0.2, 0) is 0 Å². The Morgan fingerprint density at radius 1 is 1.44 bits per heavy atom. The lowest BCUT2D eigenvalue weighted by molar-refractivity contribution is 0.321. The van der Waals surface area contributed by atoms with Crippen molar-refractivity contribution in [3.63, 3.8) is 0 Å². The third kappa shape index (κ3) is 2.83. The molecular weight excluding hydrogens is 207 g/mol. The fourth-order valence-corrected chi connectivity index (χ4v) is 1.14. The summed E-state index contributed by atoms with van der Waals surface area (Å²) in [6, 6.07) is 7.69. The Kier molecular flexibility index (Phi) is 4.06. The summed E-state index contributed by atoms with van der Waals surface area (Å²) in [6.45, 7) is 2.14. The van der Waals surface area contributed by atoms with Gasteiger partial charge in [0.15, 0.2) is 11.6 Å². The van der Waals surface area contributed by atoms with E-state index in [9.17, 15) is 4.39 Å². The zero-order valence-corrected chi connectivity index (χ0v) is 8.70. The van der Waals surface area contributed by atoms with Crippen LogP contribution in [0.25, 0.3) is 6.08 Å². The molecule has 0 aromatic heterocycles. The molecule has 80 valence electrons. The van der Waals surface area contributed by atoms with Gasteiger partial charge < -0.3 is 4.74 Å². The first-order valence-corrected chi connectivity index (χ1v) is 4.65. The molecule has 4 heteroatoms. The van der Waals surface area contributed by atoms with Gasteiger partial charge in [-0.05, 0) is 30.7 Å². The highest BCUT2D eigenvalue weighted by atomic mass is 19.1. The molecule has 0 atom stereocenters. The van der Waals surface area contributed by atoms with Crippen LogP contribution < -0.4 is 4.74 Å². The molecule has 0 amide bonds. The van der Waals surface area contributed by atoms with Gasteiger partial charge in [0.1, 0.15) is 17.7 Å². The van der Waals surface area contributed by atoms with Gasteiger partial charge in [0, 0.05) is 0 Å². The summed E-state index contributed by atoms with van der Waals surface area (Å²) >= 11 is 0. The number of halogens is 1. The molecule has 0 aliphatic rings. The number of nitriles is 2. The molecule has 1 rings (SSSR count). The lowest BCUT2D eigenvalue weighted by Crippen LogP contribution is -1.94. The molecule has 0 spiro atoms. The molecule has 3 nitrogen and oxygen atoms in total. The first kappa shape index (κ1) is 11.7. The van der Waals surface area contributed by atoms with Crippen LogP contribution >= 0.6 is 0 Å². The lowest BCUT2D eigenvalue weighted by Gasteiger charge is -2.04. The first-order chi connectivity index (χ1) is 7.71. The van der Waals surface area contributed by atoms with E-state index >= 15 is 0 Å². The molecule has 1 aromatic carbocycles. The van der Waals surface area contributed by atoms with E-state index in [0.29, 0.717) is 12.2 Å². The second-order valence-corrected chi connectivity index (χ2v) is 2.90. The van der Waals surface area contributed by atoms with E-state index in [4.69, 9.17) is 15.3 Å². The Hall–Kier alpha value is -2.33. The van der Waals surface area contributed by atoms with Crippen LogP contribution in [0.1, 0.15) is 12.5 Å². The average Bonchev–Trinajstić information content (AvgIpc) is 2.29. The Morgan fingerprint density at radius 2 is 2.12 bits per heavy atom. The molecule has 0 bridgehead atoms. The number of allylic oxidation sites excluding steroid dienone is 1. The number of ether oxygens (including phenoxy) is 1. The molecular formula is C12H9FN2O. The lowest BCUT2D eigenvalue weighted by atomic mass is 10.1. The third-order valence-electron chi connectivity index (χ3n) is 1.81. The maximum absolute atomic E-state index is 13.4. The van der Waals surface area contributed by atoms with Crippen molar-refractivity contribution in [2.45, 2.75) is 6.92 Å². The standard InChI is InChI=1S/C12H9FN2O/c1-2-16-12-4-3-9(6-11(12)13)5-10(7-14)8-15/h3-6H,2H2,1H3. The Labute approximate surface area is 93.0 Å². The molecule has 0 saturated heterocycles. The quantitative estimate of drug-likeness (QED) is 0.730. The smallest absolute Gasteiger partial charge is 0.165 e. The van der Waals surface area contributed by atoms with Gasteiger partial charge in [-0.3, -0.25) is 0 Å². The van der Waals surface area contributed by atoms with Crippen molar-refractivity contribution in [1.29, 1.82) is 10.5 Å². The molecule has 0 saturated carbocycles. The highest BCUT2D eigenvalue weighted by Crippen LogP contribution is 2.19. The molecule has 0 heterocycles. The number of rotatable bonds is 3. The number of benzene rings is 1. The maximum atomic E-state index is 13.4. The van der Waals surface area contributed by atoms with Gasteiger partial charge in [-0.2, -0.15) is 10.5 Å². The van der Waals surface area contributed by atoms with Gasteiger partial charge in [-0.25, -0.2) is 4.39 Å². The molecule has 0 radical (unpaired) electrons. The molecule has 16 heavy (non-hydrogen) atoms. The van der Waals surface area contributed by atoms with E-state index in [0.717, 1.165) is 0 Å². The van der Waals surface area contributed by atoms with Crippen molar-refractivity contribution in [1.82, 2.24) is 0 Å². The molecule has 0 aliphatic heterocycles. The molecule has 0 fully saturated rings. The molecule has 1 aromatic rings. The zero-order valence-electron chi connectivity index (χ0n) is 8.70. The second-order valence-electron chi connectivity index (χ2n) is 2.90. The van der Waals surface area contributed by atoms with E-state index in [1.165, 1.54) is 18.2 Å². The van der Waals surface area contributed by atoms with Crippen LogP contribution in [0.4, 0.5) is 4.39 Å². The van der Waals surface area contributed by atoms with Gasteiger partial charge in [0.25, 0.3) is 0 Å². The van der Waals surface area contributed by atoms with Crippen molar-refractivity contribution >= 4 is 6.08 Å². The summed E-state index contributed by atoms with van der Waals surface area (Å²) in [7, 11) is 0. The van der Waals surface area contributed by atoms with Crippen molar-refractivity contribution < 1.29 is 9.13 Å². The number of hydrogen-bond acceptors (Lipinski definition) is 3. The van der Waals surface area contributed by atoms with E-state index in [2.05, 4.69) is 0 Å². The Bertz CT molecular complexity index is 479. The highest BCUT2D eigenvalue weighted by Gasteiger charge is 2.03. The van der Waals surface area contributed by atoms with Crippen LogP contribution in [0.3, 0.4) is 0 Å².